The van der Waals surface area contributed by atoms with Crippen molar-refractivity contribution < 1.29 is 40.6 Å². The molecule has 5 unspecified atom stereocenters. The Morgan fingerprint density at radius 3 is 2.53 bits per heavy atom. The highest BCUT2D eigenvalue weighted by Crippen LogP contribution is 2.51. The number of halogens is 6. The molecule has 0 saturated carbocycles. The monoisotopic (exact) mass is 839 g/mol. The van der Waals surface area contributed by atoms with Gasteiger partial charge in [-0.2, -0.15) is 19.0 Å². The SMILES string of the molecule is C#CC1CC(F)(F)c2c1c1nn2CC(=O)NC(c2nc(C#CC(C)(C)O)ccc2-c2ccc(Cl)c3c(NS(=O)O)nn(C)c23)Cc2cc(F)cc(c2)CCC(F)C1F. The van der Waals surface area contributed by atoms with E-state index in [9.17, 15) is 18.7 Å². The van der Waals surface area contributed by atoms with Crippen molar-refractivity contribution in [2.75, 3.05) is 4.72 Å². The van der Waals surface area contributed by atoms with Crippen LogP contribution in [0.15, 0.2) is 42.5 Å². The number of aromatic nitrogens is 5. The Labute approximate surface area is 336 Å². The van der Waals surface area contributed by atoms with Crippen LogP contribution in [0.1, 0.15) is 84.3 Å². The Bertz CT molecular complexity index is 2610. The number of amides is 1. The molecule has 0 fully saturated rings. The number of aliphatic hydroxyl groups is 1. The Morgan fingerprint density at radius 1 is 1.10 bits per heavy atom. The van der Waals surface area contributed by atoms with E-state index in [-0.39, 0.29) is 46.0 Å². The molecule has 4 bridgehead atoms. The number of hydrogen-bond donors (Lipinski definition) is 4. The molecule has 2 aliphatic rings. The Balaban J connectivity index is 1.44. The molecule has 0 radical (unpaired) electrons. The zero-order chi connectivity index (χ0) is 41.8. The number of rotatable bonds is 4. The van der Waals surface area contributed by atoms with E-state index < -0.39 is 89.6 Å². The summed E-state index contributed by atoms with van der Waals surface area (Å²) < 4.78 is 104. The number of nitrogens with zero attached hydrogens (tertiary/aromatic N) is 5. The van der Waals surface area contributed by atoms with Gasteiger partial charge < -0.3 is 10.4 Å². The van der Waals surface area contributed by atoms with Gasteiger partial charge in [-0.3, -0.25) is 23.4 Å². The lowest BCUT2D eigenvalue weighted by Crippen LogP contribution is -2.35. The topological polar surface area (TPSA) is 147 Å². The number of alkyl halides is 4. The van der Waals surface area contributed by atoms with E-state index in [1.165, 1.54) is 36.7 Å². The van der Waals surface area contributed by atoms with Crippen LogP contribution in [0.4, 0.5) is 27.8 Å². The summed E-state index contributed by atoms with van der Waals surface area (Å²) in [7, 11) is 1.57. The molecule has 0 spiro atoms. The van der Waals surface area contributed by atoms with Gasteiger partial charge in [0.2, 0.25) is 5.91 Å². The summed E-state index contributed by atoms with van der Waals surface area (Å²) in [6.07, 6.45) is -0.735. The van der Waals surface area contributed by atoms with Crippen molar-refractivity contribution in [1.29, 1.82) is 0 Å². The fraction of sp³-hybridized carbons (Fsp3) is 0.350. The minimum absolute atomic E-state index is 0.0112. The van der Waals surface area contributed by atoms with Crippen molar-refractivity contribution in [3.63, 3.8) is 0 Å². The summed E-state index contributed by atoms with van der Waals surface area (Å²) in [6, 6.07) is 9.17. The van der Waals surface area contributed by atoms with Gasteiger partial charge in [-0.1, -0.05) is 35.6 Å². The van der Waals surface area contributed by atoms with E-state index in [0.717, 1.165) is 0 Å². The normalized spacial score (nSPS) is 21.2. The molecule has 5 atom stereocenters. The van der Waals surface area contributed by atoms with Crippen molar-refractivity contribution in [3.05, 3.63) is 92.8 Å². The Hall–Kier alpha value is -5.33. The second-order valence-electron chi connectivity index (χ2n) is 14.8. The summed E-state index contributed by atoms with van der Waals surface area (Å²) in [6.45, 7) is 2.08. The minimum atomic E-state index is -3.62. The van der Waals surface area contributed by atoms with Crippen LogP contribution in [0.3, 0.4) is 0 Å². The lowest BCUT2D eigenvalue weighted by atomic mass is 9.92. The zero-order valence-electron chi connectivity index (χ0n) is 31.1. The zero-order valence-corrected chi connectivity index (χ0v) is 32.7. The van der Waals surface area contributed by atoms with E-state index in [1.54, 1.807) is 31.3 Å². The van der Waals surface area contributed by atoms with Crippen molar-refractivity contribution in [2.24, 2.45) is 7.05 Å². The lowest BCUT2D eigenvalue weighted by Gasteiger charge is -2.23. The smallest absolute Gasteiger partial charge is 0.291 e. The highest BCUT2D eigenvalue weighted by Gasteiger charge is 2.51. The van der Waals surface area contributed by atoms with Gasteiger partial charge in [0.15, 0.2) is 12.0 Å². The third-order valence-electron chi connectivity index (χ3n) is 9.91. The van der Waals surface area contributed by atoms with Gasteiger partial charge in [0, 0.05) is 30.2 Å². The molecule has 2 aromatic carbocycles. The average Bonchev–Trinajstić information content (AvgIpc) is 3.77. The van der Waals surface area contributed by atoms with Gasteiger partial charge in [-0.15, -0.1) is 6.42 Å². The summed E-state index contributed by atoms with van der Waals surface area (Å²) in [5.74, 6) is 1.25. The highest BCUT2D eigenvalue weighted by atomic mass is 35.5. The van der Waals surface area contributed by atoms with E-state index in [2.05, 4.69) is 38.0 Å². The largest absolute Gasteiger partial charge is 0.378 e. The first kappa shape index (κ1) is 40.9. The summed E-state index contributed by atoms with van der Waals surface area (Å²) in [5.41, 5.74) is -1.06. The molecular formula is C40H35ClF5N7O4S. The van der Waals surface area contributed by atoms with Crippen LogP contribution in [0.5, 0.6) is 0 Å². The number of carbonyl (C=O) groups is 1. The Morgan fingerprint density at radius 2 is 1.83 bits per heavy atom. The van der Waals surface area contributed by atoms with E-state index >= 15 is 22.0 Å². The second-order valence-corrected chi connectivity index (χ2v) is 15.9. The van der Waals surface area contributed by atoms with Gasteiger partial charge in [0.1, 0.15) is 41.2 Å². The molecule has 302 valence electrons. The molecule has 1 aliphatic carbocycles. The third-order valence-corrected chi connectivity index (χ3v) is 10.6. The molecule has 5 aromatic rings. The average molecular weight is 840 g/mol. The molecule has 4 N–H and O–H groups in total. The fourth-order valence-corrected chi connectivity index (χ4v) is 8.12. The second kappa shape index (κ2) is 15.4. The van der Waals surface area contributed by atoms with Gasteiger partial charge in [-0.05, 0) is 80.5 Å². The maximum Gasteiger partial charge on any atom is 0.291 e. The lowest BCUT2D eigenvalue weighted by molar-refractivity contribution is -0.122. The van der Waals surface area contributed by atoms with Gasteiger partial charge in [0.25, 0.3) is 17.2 Å². The number of aryl methyl sites for hydroxylation is 2. The van der Waals surface area contributed by atoms with Crippen molar-refractivity contribution in [3.8, 4) is 35.3 Å². The molecule has 1 amide bonds. The van der Waals surface area contributed by atoms with Gasteiger partial charge >= 0.3 is 0 Å². The predicted octanol–water partition coefficient (Wildman–Crippen LogP) is 6.90. The quantitative estimate of drug-likeness (QED) is 0.0875. The van der Waals surface area contributed by atoms with Crippen molar-refractivity contribution in [2.45, 2.75) is 81.9 Å². The predicted molar refractivity (Wildman–Crippen MR) is 207 cm³/mol. The van der Waals surface area contributed by atoms with Gasteiger partial charge in [0.05, 0.1) is 33.6 Å². The molecule has 11 nitrogen and oxygen atoms in total. The number of pyridine rings is 1. The maximum absolute atomic E-state index is 15.9. The number of benzene rings is 2. The van der Waals surface area contributed by atoms with E-state index in [4.69, 9.17) is 23.0 Å². The molecule has 3 aromatic heterocycles. The molecule has 1 aliphatic heterocycles. The highest BCUT2D eigenvalue weighted by molar-refractivity contribution is 7.80. The molecule has 7 rings (SSSR count). The molecular weight excluding hydrogens is 805 g/mol. The molecule has 0 saturated heterocycles. The number of terminal acetylenes is 1. The van der Waals surface area contributed by atoms with Crippen LogP contribution in [0, 0.1) is 30.0 Å². The number of carbonyl (C=O) groups excluding carboxylic acids is 1. The molecule has 18 heteroatoms. The van der Waals surface area contributed by atoms with Crippen LogP contribution >= 0.6 is 11.6 Å². The maximum atomic E-state index is 15.9. The van der Waals surface area contributed by atoms with E-state index in [1.807, 2.05) is 0 Å². The van der Waals surface area contributed by atoms with Crippen LogP contribution < -0.4 is 10.0 Å². The summed E-state index contributed by atoms with van der Waals surface area (Å²) in [5, 5.41) is 22.0. The van der Waals surface area contributed by atoms with E-state index in [0.29, 0.717) is 32.5 Å². The summed E-state index contributed by atoms with van der Waals surface area (Å²) >= 11 is 4.08. The molecule has 4 heterocycles. The number of fused-ring (bicyclic) bond motifs is 8. The Kier molecular flexibility index (Phi) is 10.9. The van der Waals surface area contributed by atoms with Crippen LogP contribution in [-0.4, -0.2) is 56.1 Å². The van der Waals surface area contributed by atoms with Crippen LogP contribution in [-0.2, 0) is 48.4 Å². The van der Waals surface area contributed by atoms with Crippen molar-refractivity contribution >= 4 is 45.5 Å². The minimum Gasteiger partial charge on any atom is -0.378 e. The first-order valence-corrected chi connectivity index (χ1v) is 19.4. The van der Waals surface area contributed by atoms with Crippen molar-refractivity contribution in [1.82, 2.24) is 29.9 Å². The first-order valence-electron chi connectivity index (χ1n) is 17.9. The number of anilines is 1. The molecule has 58 heavy (non-hydrogen) atoms. The first-order chi connectivity index (χ1) is 27.3. The number of nitrogens with one attached hydrogen (secondary N) is 2. The summed E-state index contributed by atoms with van der Waals surface area (Å²) in [4.78, 5) is 19.0. The van der Waals surface area contributed by atoms with Crippen LogP contribution in [0.25, 0.3) is 22.0 Å². The third kappa shape index (κ3) is 8.04. The standard InChI is InChI=1S/C40H35ClF5N7O4S/c1-5-22-18-40(45,46)37-31(22)35-33(44)28(43)11-6-20-14-21(16-23(42)15-20)17-29(48-30(54)19-53(37)49-35)34-25(8-7-24(47-34)12-13-39(2,3)55)26-9-10-27(41)32-36(26)52(4)50-38(32)51-58(56)57/h1,7-10,14-16,22,28-29,33,55H,6,11,17-19H2,2-4H3,(H,48,54)(H,50,51)(H,56,57). The fourth-order valence-electron chi connectivity index (χ4n) is 7.57. The number of hydrogen-bond acceptors (Lipinski definition) is 6. The van der Waals surface area contributed by atoms with Crippen LogP contribution in [0.2, 0.25) is 5.02 Å². The van der Waals surface area contributed by atoms with Gasteiger partial charge in [-0.25, -0.2) is 22.4 Å².